The van der Waals surface area contributed by atoms with Gasteiger partial charge in [-0.3, -0.25) is 0 Å². The van der Waals surface area contributed by atoms with Gasteiger partial charge in [0.2, 0.25) is 0 Å². The number of fused-ring (bicyclic) bond motifs is 2. The number of carbonyl (C=O) groups excluding carboxylic acids is 2. The lowest BCUT2D eigenvalue weighted by Crippen LogP contribution is -1.98. The van der Waals surface area contributed by atoms with Crippen LogP contribution in [0.2, 0.25) is 4.47 Å². The molecule has 0 bridgehead atoms. The minimum absolute atomic E-state index is 0.142. The van der Waals surface area contributed by atoms with Gasteiger partial charge in [-0.25, -0.2) is 9.97 Å². The third kappa shape index (κ3) is 11.8. The lowest BCUT2D eigenvalue weighted by atomic mass is 10.1. The van der Waals surface area contributed by atoms with Crippen LogP contribution in [0.1, 0.15) is 51.7 Å². The Kier molecular flexibility index (Phi) is 14.4. The summed E-state index contributed by atoms with van der Waals surface area (Å²) in [5, 5.41) is 10.0. The second kappa shape index (κ2) is 18.9. The van der Waals surface area contributed by atoms with Gasteiger partial charge in [-0.2, -0.15) is 0 Å². The van der Waals surface area contributed by atoms with E-state index in [-0.39, 0.29) is 17.3 Å². The van der Waals surface area contributed by atoms with Gasteiger partial charge >= 0.3 is 0 Å². The Labute approximate surface area is 299 Å². The lowest BCUT2D eigenvalue weighted by molar-refractivity contribution is -0.117. The summed E-state index contributed by atoms with van der Waals surface area (Å²) < 4.78 is 19.7. The Morgan fingerprint density at radius 1 is 0.694 bits per heavy atom. The monoisotopic (exact) mass is 718 g/mol. The molecule has 11 heteroatoms. The zero-order valence-corrected chi connectivity index (χ0v) is 30.3. The number of nitrogens with zero attached hydrogens (tertiary/aromatic N) is 2. The van der Waals surface area contributed by atoms with Gasteiger partial charge in [0.1, 0.15) is 11.6 Å². The van der Waals surface area contributed by atoms with E-state index in [4.69, 9.17) is 25.8 Å². The number of halogens is 1. The van der Waals surface area contributed by atoms with Crippen molar-refractivity contribution in [3.8, 4) is 28.2 Å². The van der Waals surface area contributed by atoms with Crippen LogP contribution in [0.25, 0.3) is 20.4 Å². The summed E-state index contributed by atoms with van der Waals surface area (Å²) in [4.78, 5) is 30.6. The average Bonchev–Trinajstić information content (AvgIpc) is 3.68. The number of hydrogen-bond acceptors (Lipinski definition) is 10. The maximum atomic E-state index is 11.2. The van der Waals surface area contributed by atoms with Gasteiger partial charge in [0.25, 0.3) is 5.19 Å². The maximum Gasteiger partial charge on any atom is 0.279 e. The summed E-state index contributed by atoms with van der Waals surface area (Å²) in [5.74, 6) is 2.30. The molecule has 0 radical (unpaired) electrons. The van der Waals surface area contributed by atoms with E-state index in [2.05, 4.69) is 9.97 Å². The van der Waals surface area contributed by atoms with Crippen molar-refractivity contribution in [3.63, 3.8) is 0 Å². The molecule has 0 spiro atoms. The molecule has 0 aliphatic carbocycles. The highest BCUT2D eigenvalue weighted by Crippen LogP contribution is 2.36. The number of ketones is 2. The predicted molar refractivity (Wildman–Crippen MR) is 199 cm³/mol. The number of ether oxygens (including phenoxy) is 3. The van der Waals surface area contributed by atoms with E-state index in [0.717, 1.165) is 31.6 Å². The van der Waals surface area contributed by atoms with Crippen LogP contribution >= 0.6 is 34.3 Å². The minimum atomic E-state index is 0.142. The van der Waals surface area contributed by atoms with Crippen LogP contribution < -0.4 is 14.2 Å². The lowest BCUT2D eigenvalue weighted by Gasteiger charge is -2.11. The normalized spacial score (nSPS) is 10.5. The zero-order valence-electron chi connectivity index (χ0n) is 27.9. The highest BCUT2D eigenvalue weighted by atomic mass is 35.5. The molecule has 0 saturated carbocycles. The Morgan fingerprint density at radius 3 is 1.80 bits per heavy atom. The van der Waals surface area contributed by atoms with E-state index in [9.17, 15) is 14.7 Å². The molecular weight excluding hydrogens is 680 g/mol. The highest BCUT2D eigenvalue weighted by molar-refractivity contribution is 7.22. The predicted octanol–water partition coefficient (Wildman–Crippen LogP) is 10.3. The molecule has 2 aromatic heterocycles. The molecular formula is C38H39ClN2O6S2. The summed E-state index contributed by atoms with van der Waals surface area (Å²) in [6.07, 6.45) is 2.45. The maximum absolute atomic E-state index is 11.2. The number of thiazole rings is 2. The van der Waals surface area contributed by atoms with Crippen LogP contribution in [0.5, 0.6) is 28.2 Å². The summed E-state index contributed by atoms with van der Waals surface area (Å²) in [7, 11) is 0. The number of rotatable bonds is 12. The van der Waals surface area contributed by atoms with Gasteiger partial charge < -0.3 is 28.9 Å². The van der Waals surface area contributed by atoms with Gasteiger partial charge in [-0.15, -0.1) is 11.3 Å². The summed E-state index contributed by atoms with van der Waals surface area (Å²) in [6.45, 7) is 8.04. The number of phenols is 1. The minimum Gasteiger partial charge on any atom is -0.504 e. The van der Waals surface area contributed by atoms with Gasteiger partial charge in [-0.05, 0) is 100 Å². The number of carbonyl (C=O) groups is 2. The average molecular weight is 719 g/mol. The largest absolute Gasteiger partial charge is 0.504 e. The Balaban J connectivity index is 0.000000183. The van der Waals surface area contributed by atoms with Gasteiger partial charge in [0.15, 0.2) is 27.5 Å². The molecule has 0 aliphatic heterocycles. The van der Waals surface area contributed by atoms with Crippen molar-refractivity contribution in [2.75, 3.05) is 13.2 Å². The molecule has 49 heavy (non-hydrogen) atoms. The Bertz CT molecular complexity index is 1920. The number of aromatic nitrogens is 2. The van der Waals surface area contributed by atoms with Crippen molar-refractivity contribution >= 4 is 66.3 Å². The first-order valence-corrected chi connectivity index (χ1v) is 17.9. The van der Waals surface area contributed by atoms with Crippen molar-refractivity contribution in [2.45, 2.75) is 53.4 Å². The second-order valence-electron chi connectivity index (χ2n) is 10.8. The molecule has 256 valence electrons. The van der Waals surface area contributed by atoms with Crippen molar-refractivity contribution in [1.82, 2.24) is 9.97 Å². The fourth-order valence-electron chi connectivity index (χ4n) is 4.52. The van der Waals surface area contributed by atoms with Crippen LogP contribution in [0.15, 0.2) is 84.9 Å². The standard InChI is InChI=1S/C19H19NO3S.C12H16O3.C7H4ClNS/c1-3-22-17-12-14(9-8-13(2)21)10-11-16(17)23-19-20-15-6-4-5-7-18(15)24-19;1-3-15-12-8-10(5-4-9(2)13)6-7-11(12)14;8-7-9-5-3-1-2-4-6(5)10-7/h4-7,10-12H,3,8-9H2,1-2H3;6-8,14H,3-5H2,1-2H3;1-4H. The number of phenolic OH excluding ortho intramolecular Hbond substituents is 1. The number of hydrogen-bond donors (Lipinski definition) is 1. The van der Waals surface area contributed by atoms with Gasteiger partial charge in [-0.1, -0.05) is 59.3 Å². The van der Waals surface area contributed by atoms with E-state index in [1.165, 1.54) is 22.7 Å². The number of Topliss-reactive ketones (excluding diaryl/α,β-unsaturated/α-hetero) is 2. The Morgan fingerprint density at radius 2 is 1.22 bits per heavy atom. The first-order valence-electron chi connectivity index (χ1n) is 15.9. The molecule has 6 rings (SSSR count). The second-order valence-corrected chi connectivity index (χ2v) is 13.4. The SMILES string of the molecule is CCOc1cc(CCC(C)=O)ccc1O.CCOc1cc(CCC(C)=O)ccc1Oc1nc2ccccc2s1.Clc1nc2ccccc2s1. The van der Waals surface area contributed by atoms with Crippen LogP contribution in [0.3, 0.4) is 0 Å². The summed E-state index contributed by atoms with van der Waals surface area (Å²) in [5.41, 5.74) is 3.97. The smallest absolute Gasteiger partial charge is 0.279 e. The molecule has 0 aliphatic rings. The van der Waals surface area contributed by atoms with E-state index >= 15 is 0 Å². The van der Waals surface area contributed by atoms with Gasteiger partial charge in [0.05, 0.1) is 33.6 Å². The van der Waals surface area contributed by atoms with E-state index < -0.39 is 0 Å². The number of aryl methyl sites for hydroxylation is 2. The molecule has 0 atom stereocenters. The number of benzene rings is 4. The number of para-hydroxylation sites is 2. The molecule has 0 unspecified atom stereocenters. The third-order valence-electron chi connectivity index (χ3n) is 6.90. The van der Waals surface area contributed by atoms with Crippen LogP contribution in [-0.4, -0.2) is 39.9 Å². The Hall–Kier alpha value is -4.51. The fourth-order valence-corrected chi connectivity index (χ4v) is 6.38. The molecule has 1 N–H and O–H groups in total. The molecule has 0 amide bonds. The molecule has 4 aromatic carbocycles. The molecule has 0 fully saturated rings. The van der Waals surface area contributed by atoms with Crippen molar-refractivity contribution in [3.05, 3.63) is 101 Å². The van der Waals surface area contributed by atoms with E-state index in [1.54, 1.807) is 32.0 Å². The molecule has 0 saturated heterocycles. The fraction of sp³-hybridized carbons (Fsp3) is 0.263. The first kappa shape index (κ1) is 37.3. The number of aromatic hydroxyl groups is 1. The first-order chi connectivity index (χ1) is 23.6. The van der Waals surface area contributed by atoms with Crippen LogP contribution in [0, 0.1) is 0 Å². The van der Waals surface area contributed by atoms with Crippen molar-refractivity contribution in [1.29, 1.82) is 0 Å². The van der Waals surface area contributed by atoms with E-state index in [0.29, 0.717) is 65.8 Å². The molecule has 6 aromatic rings. The molecule has 8 nitrogen and oxygen atoms in total. The topological polar surface area (TPSA) is 108 Å². The summed E-state index contributed by atoms with van der Waals surface area (Å²) >= 11 is 8.70. The highest BCUT2D eigenvalue weighted by Gasteiger charge is 2.12. The molecule has 2 heterocycles. The van der Waals surface area contributed by atoms with Crippen molar-refractivity contribution < 1.29 is 28.9 Å². The van der Waals surface area contributed by atoms with Crippen LogP contribution in [-0.2, 0) is 22.4 Å². The van der Waals surface area contributed by atoms with Crippen LogP contribution in [0.4, 0.5) is 0 Å². The quantitative estimate of drug-likeness (QED) is 0.133. The summed E-state index contributed by atoms with van der Waals surface area (Å²) in [6, 6.07) is 26.8. The van der Waals surface area contributed by atoms with Gasteiger partial charge in [0, 0.05) is 12.8 Å². The third-order valence-corrected chi connectivity index (χ3v) is 8.96. The van der Waals surface area contributed by atoms with E-state index in [1.807, 2.05) is 80.6 Å². The van der Waals surface area contributed by atoms with Crippen molar-refractivity contribution in [2.24, 2.45) is 0 Å². The zero-order chi connectivity index (χ0) is 35.2.